The van der Waals surface area contributed by atoms with E-state index < -0.39 is 23.8 Å². The normalized spacial score (nSPS) is 24.7. The van der Waals surface area contributed by atoms with E-state index in [0.717, 1.165) is 23.6 Å². The minimum atomic E-state index is -0.930. The summed E-state index contributed by atoms with van der Waals surface area (Å²) in [6.07, 6.45) is 0.278. The third kappa shape index (κ3) is 3.04. The number of fused-ring (bicyclic) bond motifs is 1. The van der Waals surface area contributed by atoms with Gasteiger partial charge in [0.1, 0.15) is 6.04 Å². The summed E-state index contributed by atoms with van der Waals surface area (Å²) in [4.78, 5) is 52.1. The highest BCUT2D eigenvalue weighted by atomic mass is 16.2. The van der Waals surface area contributed by atoms with Crippen LogP contribution in [0, 0.1) is 5.92 Å². The molecule has 142 valence electrons. The molecular weight excluding hydrogens is 348 g/mol. The standard InChI is InChI=1S/C19H22N4O4/c1-10(20)12-8-22(9-12)7-11-2-3-13-14(6-11)19(27)23(18(13)26)15-4-5-16(24)21-17(15)25/h2-3,6,10,12,15H,4-5,7-9,20H2,1H3,(H,21,24,25). The molecule has 0 spiro atoms. The number of hydrogen-bond acceptors (Lipinski definition) is 6. The molecule has 3 N–H and O–H groups in total. The van der Waals surface area contributed by atoms with Gasteiger partial charge in [-0.3, -0.25) is 34.3 Å². The first kappa shape index (κ1) is 17.8. The number of hydrogen-bond donors (Lipinski definition) is 2. The van der Waals surface area contributed by atoms with Crippen LogP contribution in [-0.2, 0) is 16.1 Å². The summed E-state index contributed by atoms with van der Waals surface area (Å²) >= 11 is 0. The van der Waals surface area contributed by atoms with Gasteiger partial charge in [0, 0.05) is 32.1 Å². The Labute approximate surface area is 156 Å². The van der Waals surface area contributed by atoms with E-state index >= 15 is 0 Å². The van der Waals surface area contributed by atoms with E-state index in [1.54, 1.807) is 12.1 Å². The molecule has 1 aromatic rings. The van der Waals surface area contributed by atoms with Crippen LogP contribution in [0.4, 0.5) is 0 Å². The van der Waals surface area contributed by atoms with Crippen molar-refractivity contribution in [3.8, 4) is 0 Å². The fourth-order valence-corrected chi connectivity index (χ4v) is 3.95. The van der Waals surface area contributed by atoms with E-state index in [0.29, 0.717) is 23.6 Å². The van der Waals surface area contributed by atoms with Crippen molar-refractivity contribution in [3.63, 3.8) is 0 Å². The van der Waals surface area contributed by atoms with Gasteiger partial charge in [0.15, 0.2) is 0 Å². The largest absolute Gasteiger partial charge is 0.328 e. The van der Waals surface area contributed by atoms with Crippen LogP contribution in [0.5, 0.6) is 0 Å². The molecule has 0 aromatic heterocycles. The Balaban J connectivity index is 1.50. The number of benzene rings is 1. The first-order valence-corrected chi connectivity index (χ1v) is 9.17. The Morgan fingerprint density at radius 2 is 1.85 bits per heavy atom. The van der Waals surface area contributed by atoms with Crippen LogP contribution < -0.4 is 11.1 Å². The van der Waals surface area contributed by atoms with Crippen molar-refractivity contribution in [2.45, 2.75) is 38.4 Å². The lowest BCUT2D eigenvalue weighted by Gasteiger charge is -2.41. The maximum atomic E-state index is 12.8. The number of nitrogens with zero attached hydrogens (tertiary/aromatic N) is 2. The van der Waals surface area contributed by atoms with Crippen molar-refractivity contribution >= 4 is 23.6 Å². The van der Waals surface area contributed by atoms with Crippen molar-refractivity contribution in [2.75, 3.05) is 13.1 Å². The molecule has 2 unspecified atom stereocenters. The lowest BCUT2D eigenvalue weighted by atomic mass is 9.92. The molecule has 1 aromatic carbocycles. The summed E-state index contributed by atoms with van der Waals surface area (Å²) in [5, 5.41) is 2.20. The Bertz CT molecular complexity index is 844. The maximum absolute atomic E-state index is 12.8. The second kappa shape index (κ2) is 6.54. The van der Waals surface area contributed by atoms with Gasteiger partial charge in [0.25, 0.3) is 11.8 Å². The SMILES string of the molecule is CC(N)C1CN(Cc2ccc3c(c2)C(=O)N(C2CCC(=O)NC2=O)C3=O)C1. The van der Waals surface area contributed by atoms with Crippen LogP contribution >= 0.6 is 0 Å². The Hall–Kier alpha value is -2.58. The third-order valence-corrected chi connectivity index (χ3v) is 5.64. The number of piperidine rings is 1. The fraction of sp³-hybridized carbons (Fsp3) is 0.474. The molecule has 8 heteroatoms. The highest BCUT2D eigenvalue weighted by Gasteiger charge is 2.44. The van der Waals surface area contributed by atoms with Gasteiger partial charge in [-0.2, -0.15) is 0 Å². The Morgan fingerprint density at radius 1 is 1.15 bits per heavy atom. The Morgan fingerprint density at radius 3 is 2.52 bits per heavy atom. The van der Waals surface area contributed by atoms with Crippen molar-refractivity contribution in [1.29, 1.82) is 0 Å². The molecule has 27 heavy (non-hydrogen) atoms. The highest BCUT2D eigenvalue weighted by Crippen LogP contribution is 2.29. The fourth-order valence-electron chi connectivity index (χ4n) is 3.95. The predicted octanol–water partition coefficient (Wildman–Crippen LogP) is -0.133. The van der Waals surface area contributed by atoms with Gasteiger partial charge < -0.3 is 5.73 Å². The van der Waals surface area contributed by atoms with Gasteiger partial charge >= 0.3 is 0 Å². The predicted molar refractivity (Wildman–Crippen MR) is 95.5 cm³/mol. The number of carbonyl (C=O) groups excluding carboxylic acids is 4. The zero-order chi connectivity index (χ0) is 19.3. The van der Waals surface area contributed by atoms with Crippen LogP contribution in [0.15, 0.2) is 18.2 Å². The number of nitrogens with one attached hydrogen (secondary N) is 1. The molecular formula is C19H22N4O4. The third-order valence-electron chi connectivity index (χ3n) is 5.64. The first-order chi connectivity index (χ1) is 12.8. The van der Waals surface area contributed by atoms with Crippen LogP contribution in [0.3, 0.4) is 0 Å². The van der Waals surface area contributed by atoms with E-state index in [2.05, 4.69) is 10.2 Å². The highest BCUT2D eigenvalue weighted by molar-refractivity contribution is 6.23. The second-order valence-electron chi connectivity index (χ2n) is 7.64. The lowest BCUT2D eigenvalue weighted by Crippen LogP contribution is -2.54. The van der Waals surface area contributed by atoms with Gasteiger partial charge in [-0.15, -0.1) is 0 Å². The summed E-state index contributed by atoms with van der Waals surface area (Å²) in [5.41, 5.74) is 7.48. The van der Waals surface area contributed by atoms with Crippen LogP contribution in [0.2, 0.25) is 0 Å². The quantitative estimate of drug-likeness (QED) is 0.714. The molecule has 0 bridgehead atoms. The average Bonchev–Trinajstić information content (AvgIpc) is 2.82. The van der Waals surface area contributed by atoms with Gasteiger partial charge in [0.05, 0.1) is 11.1 Å². The smallest absolute Gasteiger partial charge is 0.262 e. The number of amides is 4. The summed E-state index contributed by atoms with van der Waals surface area (Å²) < 4.78 is 0. The van der Waals surface area contributed by atoms with Gasteiger partial charge in [-0.05, 0) is 37.0 Å². The minimum Gasteiger partial charge on any atom is -0.328 e. The van der Waals surface area contributed by atoms with Crippen LogP contribution in [0.1, 0.15) is 46.0 Å². The molecule has 0 radical (unpaired) electrons. The summed E-state index contributed by atoms with van der Waals surface area (Å²) in [7, 11) is 0. The molecule has 2 fully saturated rings. The molecule has 0 aliphatic carbocycles. The number of rotatable bonds is 4. The van der Waals surface area contributed by atoms with E-state index in [9.17, 15) is 19.2 Å². The van der Waals surface area contributed by atoms with E-state index in [1.165, 1.54) is 0 Å². The van der Waals surface area contributed by atoms with Gasteiger partial charge in [0.2, 0.25) is 11.8 Å². The molecule has 2 atom stereocenters. The van der Waals surface area contributed by atoms with Crippen molar-refractivity contribution in [1.82, 2.24) is 15.1 Å². The molecule has 4 amide bonds. The molecule has 8 nitrogen and oxygen atoms in total. The topological polar surface area (TPSA) is 113 Å². The van der Waals surface area contributed by atoms with Crippen LogP contribution in [-0.4, -0.2) is 58.6 Å². The number of likely N-dealkylation sites (tertiary alicyclic amines) is 1. The molecule has 0 saturated carbocycles. The molecule has 3 aliphatic rings. The minimum absolute atomic E-state index is 0.116. The van der Waals surface area contributed by atoms with Gasteiger partial charge in [-0.1, -0.05) is 6.07 Å². The molecule has 3 heterocycles. The van der Waals surface area contributed by atoms with E-state index in [1.807, 2.05) is 13.0 Å². The Kier molecular flexibility index (Phi) is 4.32. The van der Waals surface area contributed by atoms with Crippen molar-refractivity contribution in [2.24, 2.45) is 11.7 Å². The van der Waals surface area contributed by atoms with Crippen molar-refractivity contribution in [3.05, 3.63) is 34.9 Å². The maximum Gasteiger partial charge on any atom is 0.262 e. The molecule has 4 rings (SSSR count). The van der Waals surface area contributed by atoms with Crippen molar-refractivity contribution < 1.29 is 19.2 Å². The second-order valence-corrected chi connectivity index (χ2v) is 7.64. The summed E-state index contributed by atoms with van der Waals surface area (Å²) in [6, 6.07) is 4.47. The zero-order valence-electron chi connectivity index (χ0n) is 15.1. The summed E-state index contributed by atoms with van der Waals surface area (Å²) in [5.74, 6) is -1.43. The number of imide groups is 2. The van der Waals surface area contributed by atoms with E-state index in [4.69, 9.17) is 5.73 Å². The summed E-state index contributed by atoms with van der Waals surface area (Å²) in [6.45, 7) is 4.54. The average molecular weight is 370 g/mol. The monoisotopic (exact) mass is 370 g/mol. The lowest BCUT2D eigenvalue weighted by molar-refractivity contribution is -0.136. The number of nitrogens with two attached hydrogens (primary N) is 1. The van der Waals surface area contributed by atoms with E-state index in [-0.39, 0.29) is 24.8 Å². The molecule has 3 aliphatic heterocycles. The molecule has 2 saturated heterocycles. The van der Waals surface area contributed by atoms with Gasteiger partial charge in [-0.25, -0.2) is 0 Å². The van der Waals surface area contributed by atoms with Crippen LogP contribution in [0.25, 0.3) is 0 Å². The zero-order valence-corrected chi connectivity index (χ0v) is 15.1. The first-order valence-electron chi connectivity index (χ1n) is 9.17. The number of carbonyl (C=O) groups is 4.